The maximum atomic E-state index is 13.4. The molecule has 31 heavy (non-hydrogen) atoms. The summed E-state index contributed by atoms with van der Waals surface area (Å²) < 4.78 is 30.7. The van der Waals surface area contributed by atoms with Gasteiger partial charge in [0.25, 0.3) is 5.88 Å². The maximum Gasteiger partial charge on any atom is 0.410 e. The molecule has 1 fully saturated rings. The minimum absolute atomic E-state index is 0.00131. The van der Waals surface area contributed by atoms with Crippen LogP contribution in [0.15, 0.2) is 42.6 Å². The van der Waals surface area contributed by atoms with E-state index in [9.17, 15) is 9.18 Å². The molecule has 2 atom stereocenters. The number of benzene rings is 1. The van der Waals surface area contributed by atoms with Gasteiger partial charge in [0.05, 0.1) is 13.2 Å². The molecule has 2 aromatic rings. The molecule has 3 rings (SSSR count). The van der Waals surface area contributed by atoms with E-state index in [0.717, 1.165) is 12.0 Å². The van der Waals surface area contributed by atoms with Crippen LogP contribution in [0.25, 0.3) is 0 Å². The molecule has 0 bridgehead atoms. The number of amides is 1. The summed E-state index contributed by atoms with van der Waals surface area (Å²) in [4.78, 5) is 18.6. The smallest absolute Gasteiger partial charge is 0.410 e. The van der Waals surface area contributed by atoms with E-state index in [-0.39, 0.29) is 23.7 Å². The van der Waals surface area contributed by atoms with Crippen molar-refractivity contribution in [3.8, 4) is 11.6 Å². The van der Waals surface area contributed by atoms with E-state index >= 15 is 0 Å². The molecule has 0 N–H and O–H groups in total. The molecule has 168 valence electrons. The van der Waals surface area contributed by atoms with Crippen LogP contribution < -0.4 is 9.47 Å². The summed E-state index contributed by atoms with van der Waals surface area (Å²) in [6, 6.07) is 10.2. The van der Waals surface area contributed by atoms with Crippen LogP contribution in [0.2, 0.25) is 0 Å². The molecule has 0 aliphatic carbocycles. The number of likely N-dealkylation sites (tertiary alicyclic amines) is 1. The largest absolute Gasteiger partial charge is 0.488 e. The zero-order valence-electron chi connectivity index (χ0n) is 18.6. The zero-order chi connectivity index (χ0) is 22.4. The van der Waals surface area contributed by atoms with Crippen LogP contribution in [0, 0.1) is 11.7 Å². The van der Waals surface area contributed by atoms with Crippen molar-refractivity contribution in [1.29, 1.82) is 0 Å². The highest BCUT2D eigenvalue weighted by Crippen LogP contribution is 2.35. The van der Waals surface area contributed by atoms with Crippen molar-refractivity contribution in [2.45, 2.75) is 45.6 Å². The summed E-state index contributed by atoms with van der Waals surface area (Å²) in [5.74, 6) is 0.882. The fourth-order valence-electron chi connectivity index (χ4n) is 3.77. The first kappa shape index (κ1) is 22.8. The molecule has 1 aliphatic rings. The minimum atomic E-state index is -0.557. The number of pyridine rings is 1. The van der Waals surface area contributed by atoms with Gasteiger partial charge in [-0.15, -0.1) is 0 Å². The molecule has 2 heterocycles. The molecule has 1 saturated heterocycles. The third kappa shape index (κ3) is 6.32. The van der Waals surface area contributed by atoms with E-state index < -0.39 is 5.60 Å². The molecule has 0 unspecified atom stereocenters. The average molecular weight is 431 g/mol. The maximum absolute atomic E-state index is 13.4. The molecular weight excluding hydrogens is 399 g/mol. The Hall–Kier alpha value is -2.83. The summed E-state index contributed by atoms with van der Waals surface area (Å²) in [5.41, 5.74) is 0.481. The summed E-state index contributed by atoms with van der Waals surface area (Å²) in [6.07, 6.45) is 2.07. The molecule has 0 spiro atoms. The molecule has 1 amide bonds. The van der Waals surface area contributed by atoms with Gasteiger partial charge in [0.15, 0.2) is 5.75 Å². The van der Waals surface area contributed by atoms with Crippen LogP contribution in [0.5, 0.6) is 11.6 Å². The number of hydrogen-bond acceptors (Lipinski definition) is 5. The number of carbonyl (C=O) groups excluding carboxylic acids is 1. The van der Waals surface area contributed by atoms with Gasteiger partial charge in [0, 0.05) is 25.2 Å². The Kier molecular flexibility index (Phi) is 7.36. The van der Waals surface area contributed by atoms with Gasteiger partial charge in [-0.3, -0.25) is 0 Å². The number of nitrogens with zero attached hydrogens (tertiary/aromatic N) is 2. The van der Waals surface area contributed by atoms with E-state index in [2.05, 4.69) is 4.98 Å². The van der Waals surface area contributed by atoms with E-state index in [4.69, 9.17) is 14.2 Å². The van der Waals surface area contributed by atoms with E-state index in [1.807, 2.05) is 45.9 Å². The predicted molar refractivity (Wildman–Crippen MR) is 116 cm³/mol. The molecule has 1 aromatic carbocycles. The Morgan fingerprint density at radius 1 is 1.19 bits per heavy atom. The Balaban J connectivity index is 1.77. The van der Waals surface area contributed by atoms with Crippen LogP contribution in [0.3, 0.4) is 0 Å². The van der Waals surface area contributed by atoms with E-state index in [1.54, 1.807) is 17.2 Å². The summed E-state index contributed by atoms with van der Waals surface area (Å²) in [5, 5.41) is 0. The fraction of sp³-hybridized carbons (Fsp3) is 0.500. The van der Waals surface area contributed by atoms with Crippen molar-refractivity contribution in [3.63, 3.8) is 0 Å². The van der Waals surface area contributed by atoms with Crippen molar-refractivity contribution < 1.29 is 23.4 Å². The number of piperidine rings is 1. The number of hydrogen-bond donors (Lipinski definition) is 0. The number of aromatic nitrogens is 1. The Morgan fingerprint density at radius 3 is 2.61 bits per heavy atom. The second-order valence-electron chi connectivity index (χ2n) is 8.68. The van der Waals surface area contributed by atoms with Crippen molar-refractivity contribution in [3.05, 3.63) is 54.0 Å². The van der Waals surface area contributed by atoms with Gasteiger partial charge in [-0.1, -0.05) is 12.1 Å². The lowest BCUT2D eigenvalue weighted by Gasteiger charge is -2.39. The summed E-state index contributed by atoms with van der Waals surface area (Å²) in [6.45, 7) is 9.38. The topological polar surface area (TPSA) is 60.9 Å². The zero-order valence-corrected chi connectivity index (χ0v) is 18.6. The third-order valence-corrected chi connectivity index (χ3v) is 5.15. The van der Waals surface area contributed by atoms with Gasteiger partial charge in [0.1, 0.15) is 11.4 Å². The second kappa shape index (κ2) is 9.98. The quantitative estimate of drug-likeness (QED) is 0.643. The van der Waals surface area contributed by atoms with Crippen molar-refractivity contribution in [2.75, 3.05) is 26.3 Å². The Labute approximate surface area is 183 Å². The molecule has 6 nitrogen and oxygen atoms in total. The van der Waals surface area contributed by atoms with Crippen molar-refractivity contribution >= 4 is 6.09 Å². The number of carbonyl (C=O) groups is 1. The Bertz CT molecular complexity index is 867. The van der Waals surface area contributed by atoms with Crippen LogP contribution in [0.1, 0.15) is 45.6 Å². The lowest BCUT2D eigenvalue weighted by atomic mass is 9.81. The van der Waals surface area contributed by atoms with Crippen LogP contribution in [0.4, 0.5) is 9.18 Å². The predicted octanol–water partition coefficient (Wildman–Crippen LogP) is 5.04. The van der Waals surface area contributed by atoms with Crippen LogP contribution >= 0.6 is 0 Å². The molecule has 0 radical (unpaired) electrons. The summed E-state index contributed by atoms with van der Waals surface area (Å²) >= 11 is 0. The second-order valence-corrected chi connectivity index (χ2v) is 8.68. The fourth-order valence-corrected chi connectivity index (χ4v) is 3.77. The number of rotatable bonds is 6. The van der Waals surface area contributed by atoms with E-state index in [1.165, 1.54) is 12.1 Å². The SMILES string of the molecule is CCOc1ncccc1OC[C@@H]1CN(C(=O)OC(C)(C)C)CC[C@H]1c1ccc(F)cc1. The Morgan fingerprint density at radius 2 is 1.94 bits per heavy atom. The van der Waals surface area contributed by atoms with E-state index in [0.29, 0.717) is 37.9 Å². The number of ether oxygens (including phenoxy) is 3. The van der Waals surface area contributed by atoms with Gasteiger partial charge < -0.3 is 19.1 Å². The normalized spacial score (nSPS) is 19.1. The van der Waals surface area contributed by atoms with Gasteiger partial charge in [0.2, 0.25) is 0 Å². The lowest BCUT2D eigenvalue weighted by Crippen LogP contribution is -2.46. The number of halogens is 1. The summed E-state index contributed by atoms with van der Waals surface area (Å²) in [7, 11) is 0. The van der Waals surface area contributed by atoms with Crippen molar-refractivity contribution in [1.82, 2.24) is 9.88 Å². The lowest BCUT2D eigenvalue weighted by molar-refractivity contribution is 0.0110. The monoisotopic (exact) mass is 430 g/mol. The molecule has 1 aromatic heterocycles. The van der Waals surface area contributed by atoms with Gasteiger partial charge in [-0.25, -0.2) is 14.2 Å². The first-order valence-corrected chi connectivity index (χ1v) is 10.7. The molecule has 7 heteroatoms. The highest BCUT2D eigenvalue weighted by molar-refractivity contribution is 5.68. The van der Waals surface area contributed by atoms with Crippen LogP contribution in [-0.2, 0) is 4.74 Å². The third-order valence-electron chi connectivity index (χ3n) is 5.15. The molecule has 0 saturated carbocycles. The first-order valence-electron chi connectivity index (χ1n) is 10.7. The van der Waals surface area contributed by atoms with Gasteiger partial charge >= 0.3 is 6.09 Å². The van der Waals surface area contributed by atoms with Crippen LogP contribution in [-0.4, -0.2) is 47.9 Å². The highest BCUT2D eigenvalue weighted by atomic mass is 19.1. The minimum Gasteiger partial charge on any atom is -0.488 e. The standard InChI is InChI=1S/C24H31FN2O4/c1-5-29-22-21(7-6-13-26-22)30-16-18-15-27(23(28)31-24(2,3)4)14-12-20(18)17-8-10-19(25)11-9-17/h6-11,13,18,20H,5,12,14-16H2,1-4H3/t18-,20-/m0/s1. The molecule has 1 aliphatic heterocycles. The first-order chi connectivity index (χ1) is 14.8. The highest BCUT2D eigenvalue weighted by Gasteiger charge is 2.35. The average Bonchev–Trinajstić information content (AvgIpc) is 2.72. The van der Waals surface area contributed by atoms with Gasteiger partial charge in [-0.05, 0) is 69.9 Å². The van der Waals surface area contributed by atoms with Crippen molar-refractivity contribution in [2.24, 2.45) is 5.92 Å². The molecular formula is C24H31FN2O4. The van der Waals surface area contributed by atoms with Gasteiger partial charge in [-0.2, -0.15) is 0 Å².